The van der Waals surface area contributed by atoms with E-state index in [0.29, 0.717) is 12.3 Å². The molecule has 1 aliphatic rings. The average Bonchev–Trinajstić information content (AvgIpc) is 2.83. The van der Waals surface area contributed by atoms with Crippen LogP contribution < -0.4 is 10.1 Å². The molecular weight excluding hydrogens is 238 g/mol. The Bertz CT molecular complexity index is 543. The normalized spacial score (nSPS) is 16.9. The first-order chi connectivity index (χ1) is 9.33. The lowest BCUT2D eigenvalue weighted by atomic mass is 10.1. The molecule has 0 radical (unpaired) electrons. The minimum atomic E-state index is 0.184. The van der Waals surface area contributed by atoms with Gasteiger partial charge in [0.2, 0.25) is 0 Å². The summed E-state index contributed by atoms with van der Waals surface area (Å²) >= 11 is 0. The van der Waals surface area contributed by atoms with Gasteiger partial charge in [-0.3, -0.25) is 0 Å². The van der Waals surface area contributed by atoms with Gasteiger partial charge >= 0.3 is 0 Å². The van der Waals surface area contributed by atoms with Crippen LogP contribution in [0.2, 0.25) is 0 Å². The molecule has 0 aromatic heterocycles. The van der Waals surface area contributed by atoms with Crippen LogP contribution in [0.3, 0.4) is 0 Å². The quantitative estimate of drug-likeness (QED) is 0.882. The van der Waals surface area contributed by atoms with Crippen molar-refractivity contribution in [3.05, 3.63) is 59.7 Å². The predicted octanol–water partition coefficient (Wildman–Crippen LogP) is 2.49. The maximum atomic E-state index is 9.67. The minimum absolute atomic E-state index is 0.184. The lowest BCUT2D eigenvalue weighted by molar-refractivity contribution is 0.227. The predicted molar refractivity (Wildman–Crippen MR) is 74.4 cm³/mol. The van der Waals surface area contributed by atoms with Gasteiger partial charge in [-0.2, -0.15) is 0 Å². The van der Waals surface area contributed by atoms with Crippen LogP contribution >= 0.6 is 0 Å². The van der Waals surface area contributed by atoms with Gasteiger partial charge < -0.3 is 15.2 Å². The third-order valence-corrected chi connectivity index (χ3v) is 3.39. The maximum Gasteiger partial charge on any atom is 0.123 e. The number of nitrogens with one attached hydrogen (secondary N) is 1. The number of phenolic OH excluding ortho intramolecular Hbond substituents is 1. The monoisotopic (exact) mass is 255 g/mol. The molecule has 1 atom stereocenters. The summed E-state index contributed by atoms with van der Waals surface area (Å²) in [6, 6.07) is 15.5. The van der Waals surface area contributed by atoms with E-state index >= 15 is 0 Å². The Balaban J connectivity index is 1.51. The molecule has 1 unspecified atom stereocenters. The van der Waals surface area contributed by atoms with E-state index in [9.17, 15) is 5.11 Å². The van der Waals surface area contributed by atoms with Gasteiger partial charge in [0, 0.05) is 25.1 Å². The summed E-state index contributed by atoms with van der Waals surface area (Å²) in [5.41, 5.74) is 2.19. The van der Waals surface area contributed by atoms with Gasteiger partial charge in [0.1, 0.15) is 17.6 Å². The Kier molecular flexibility index (Phi) is 3.38. The van der Waals surface area contributed by atoms with E-state index in [1.165, 1.54) is 5.56 Å². The Morgan fingerprint density at radius 1 is 1.11 bits per heavy atom. The number of phenols is 1. The molecule has 2 aromatic rings. The second-order valence-corrected chi connectivity index (χ2v) is 4.81. The maximum absolute atomic E-state index is 9.67. The number of para-hydroxylation sites is 2. The van der Waals surface area contributed by atoms with Crippen LogP contribution in [0, 0.1) is 0 Å². The van der Waals surface area contributed by atoms with Crippen molar-refractivity contribution in [2.45, 2.75) is 19.1 Å². The Morgan fingerprint density at radius 2 is 1.89 bits per heavy atom. The van der Waals surface area contributed by atoms with Crippen LogP contribution in [0.5, 0.6) is 11.5 Å². The number of aromatic hydroxyl groups is 1. The van der Waals surface area contributed by atoms with Gasteiger partial charge in [0.25, 0.3) is 0 Å². The molecule has 0 saturated heterocycles. The van der Waals surface area contributed by atoms with E-state index in [1.807, 2.05) is 36.4 Å². The van der Waals surface area contributed by atoms with Crippen LogP contribution in [0.25, 0.3) is 0 Å². The number of rotatable bonds is 4. The van der Waals surface area contributed by atoms with Gasteiger partial charge in [-0.1, -0.05) is 36.4 Å². The van der Waals surface area contributed by atoms with Crippen molar-refractivity contribution in [3.8, 4) is 11.5 Å². The van der Waals surface area contributed by atoms with Gasteiger partial charge in [-0.05, 0) is 17.7 Å². The van der Waals surface area contributed by atoms with Gasteiger partial charge in [0.15, 0.2) is 0 Å². The number of hydrogen-bond donors (Lipinski definition) is 2. The zero-order chi connectivity index (χ0) is 13.1. The van der Waals surface area contributed by atoms with Crippen LogP contribution in [-0.2, 0) is 13.0 Å². The molecule has 19 heavy (non-hydrogen) atoms. The molecule has 2 aromatic carbocycles. The fraction of sp³-hybridized carbons (Fsp3) is 0.250. The molecule has 0 aliphatic carbocycles. The molecule has 0 spiro atoms. The van der Waals surface area contributed by atoms with E-state index < -0.39 is 0 Å². The molecule has 98 valence electrons. The first-order valence-electron chi connectivity index (χ1n) is 6.55. The Hall–Kier alpha value is -2.00. The molecule has 1 heterocycles. The summed E-state index contributed by atoms with van der Waals surface area (Å²) in [5, 5.41) is 13.0. The molecule has 1 aliphatic heterocycles. The van der Waals surface area contributed by atoms with Crippen LogP contribution in [-0.4, -0.2) is 17.8 Å². The summed E-state index contributed by atoms with van der Waals surface area (Å²) < 4.78 is 5.85. The van der Waals surface area contributed by atoms with Crippen molar-refractivity contribution < 1.29 is 9.84 Å². The topological polar surface area (TPSA) is 41.5 Å². The van der Waals surface area contributed by atoms with Crippen LogP contribution in [0.4, 0.5) is 0 Å². The fourth-order valence-electron chi connectivity index (χ4n) is 2.40. The van der Waals surface area contributed by atoms with E-state index in [2.05, 4.69) is 11.4 Å². The smallest absolute Gasteiger partial charge is 0.123 e. The molecule has 2 N–H and O–H groups in total. The highest BCUT2D eigenvalue weighted by molar-refractivity contribution is 5.37. The van der Waals surface area contributed by atoms with Crippen LogP contribution in [0.1, 0.15) is 11.1 Å². The van der Waals surface area contributed by atoms with Crippen molar-refractivity contribution in [2.24, 2.45) is 0 Å². The van der Waals surface area contributed by atoms with Crippen molar-refractivity contribution in [1.82, 2.24) is 5.32 Å². The molecule has 0 bridgehead atoms. The highest BCUT2D eigenvalue weighted by Crippen LogP contribution is 2.27. The SMILES string of the molecule is Oc1ccccc1CNCC1Cc2ccccc2O1. The van der Waals surface area contributed by atoms with E-state index in [4.69, 9.17) is 4.74 Å². The zero-order valence-corrected chi connectivity index (χ0v) is 10.7. The largest absolute Gasteiger partial charge is 0.508 e. The van der Waals surface area contributed by atoms with Crippen molar-refractivity contribution >= 4 is 0 Å². The summed E-state index contributed by atoms with van der Waals surface area (Å²) in [6.07, 6.45) is 1.13. The molecular formula is C16H17NO2. The first kappa shape index (κ1) is 12.1. The van der Waals surface area contributed by atoms with E-state index in [0.717, 1.165) is 24.3 Å². The molecule has 0 saturated carbocycles. The lowest BCUT2D eigenvalue weighted by Crippen LogP contribution is -2.29. The number of hydrogen-bond acceptors (Lipinski definition) is 3. The summed E-state index contributed by atoms with van der Waals surface area (Å²) in [6.45, 7) is 1.44. The van der Waals surface area contributed by atoms with Gasteiger partial charge in [-0.15, -0.1) is 0 Å². The van der Waals surface area contributed by atoms with E-state index in [-0.39, 0.29) is 6.10 Å². The number of fused-ring (bicyclic) bond motifs is 1. The summed E-state index contributed by atoms with van der Waals surface area (Å²) in [7, 11) is 0. The second kappa shape index (κ2) is 5.33. The third-order valence-electron chi connectivity index (χ3n) is 3.39. The standard InChI is InChI=1S/C16H17NO2/c18-15-7-3-1-6-13(15)10-17-11-14-9-12-5-2-4-8-16(12)19-14/h1-8,14,17-18H,9-11H2. The lowest BCUT2D eigenvalue weighted by Gasteiger charge is -2.12. The van der Waals surface area contributed by atoms with Crippen molar-refractivity contribution in [2.75, 3.05) is 6.54 Å². The summed E-state index contributed by atoms with van der Waals surface area (Å²) in [5.74, 6) is 1.34. The first-order valence-corrected chi connectivity index (χ1v) is 6.55. The summed E-state index contributed by atoms with van der Waals surface area (Å²) in [4.78, 5) is 0. The minimum Gasteiger partial charge on any atom is -0.508 e. The Morgan fingerprint density at radius 3 is 2.74 bits per heavy atom. The van der Waals surface area contributed by atoms with Gasteiger partial charge in [-0.25, -0.2) is 0 Å². The highest BCUT2D eigenvalue weighted by Gasteiger charge is 2.21. The molecule has 0 amide bonds. The highest BCUT2D eigenvalue weighted by atomic mass is 16.5. The number of benzene rings is 2. The van der Waals surface area contributed by atoms with E-state index in [1.54, 1.807) is 6.07 Å². The van der Waals surface area contributed by atoms with Gasteiger partial charge in [0.05, 0.1) is 0 Å². The molecule has 3 rings (SSSR count). The number of ether oxygens (including phenoxy) is 1. The third kappa shape index (κ3) is 2.71. The molecule has 3 nitrogen and oxygen atoms in total. The average molecular weight is 255 g/mol. The molecule has 3 heteroatoms. The zero-order valence-electron chi connectivity index (χ0n) is 10.7. The van der Waals surface area contributed by atoms with Crippen LogP contribution in [0.15, 0.2) is 48.5 Å². The second-order valence-electron chi connectivity index (χ2n) is 4.81. The Labute approximate surface area is 112 Å². The fourth-order valence-corrected chi connectivity index (χ4v) is 2.40. The van der Waals surface area contributed by atoms with Crippen molar-refractivity contribution in [1.29, 1.82) is 0 Å². The van der Waals surface area contributed by atoms with Crippen molar-refractivity contribution in [3.63, 3.8) is 0 Å². The molecule has 0 fully saturated rings.